The van der Waals surface area contributed by atoms with Crippen LogP contribution in [0.4, 0.5) is 17.3 Å². The second-order valence-corrected chi connectivity index (χ2v) is 8.42. The van der Waals surface area contributed by atoms with Crippen molar-refractivity contribution < 1.29 is 0 Å². The lowest BCUT2D eigenvalue weighted by molar-refractivity contribution is 1.05. The van der Waals surface area contributed by atoms with Crippen LogP contribution in [0, 0.1) is 0 Å². The van der Waals surface area contributed by atoms with Crippen LogP contribution in [0.2, 0.25) is 0 Å². The minimum absolute atomic E-state index is 0.724. The predicted molar refractivity (Wildman–Crippen MR) is 134 cm³/mol. The van der Waals surface area contributed by atoms with Crippen LogP contribution in [0.5, 0.6) is 0 Å². The Balaban J connectivity index is 1.33. The topological polar surface area (TPSA) is 75.9 Å². The highest BCUT2D eigenvalue weighted by molar-refractivity contribution is 5.82. The zero-order valence-electron chi connectivity index (χ0n) is 18.8. The highest BCUT2D eigenvalue weighted by Crippen LogP contribution is 2.24. The van der Waals surface area contributed by atoms with Gasteiger partial charge in [0.2, 0.25) is 5.95 Å². The molecule has 2 heterocycles. The van der Waals surface area contributed by atoms with Crippen molar-refractivity contribution in [2.75, 3.05) is 43.3 Å². The second kappa shape index (κ2) is 7.92. The third kappa shape index (κ3) is 3.85. The van der Waals surface area contributed by atoms with Gasteiger partial charge in [0.05, 0.1) is 22.1 Å². The second-order valence-electron chi connectivity index (χ2n) is 8.42. The molecule has 5 rings (SSSR count). The molecule has 0 radical (unpaired) electrons. The molecule has 0 aliphatic carbocycles. The molecule has 0 saturated heterocycles. The minimum Gasteiger partial charge on any atom is -0.381 e. The number of hydrogen-bond donors (Lipinski definition) is 3. The molecule has 0 amide bonds. The van der Waals surface area contributed by atoms with Crippen molar-refractivity contribution >= 4 is 39.4 Å². The molecule has 7 heteroatoms. The molecule has 0 aliphatic rings. The molecule has 0 atom stereocenters. The summed E-state index contributed by atoms with van der Waals surface area (Å²) in [6, 6.07) is 21.0. The lowest BCUT2D eigenvalue weighted by Crippen LogP contribution is -2.09. The summed E-state index contributed by atoms with van der Waals surface area (Å²) in [6.07, 6.45) is 0. The normalized spacial score (nSPS) is 11.2. The van der Waals surface area contributed by atoms with E-state index >= 15 is 0 Å². The Morgan fingerprint density at radius 2 is 1.47 bits per heavy atom. The number of nitrogens with zero attached hydrogens (tertiary/aromatic N) is 4. The third-order valence-corrected chi connectivity index (χ3v) is 5.59. The number of rotatable bonds is 6. The van der Waals surface area contributed by atoms with Gasteiger partial charge in [0.15, 0.2) is 0 Å². The summed E-state index contributed by atoms with van der Waals surface area (Å²) in [5, 5.41) is 3.51. The Bertz CT molecular complexity index is 1380. The Morgan fingerprint density at radius 3 is 2.22 bits per heavy atom. The number of imidazole rings is 2. The Morgan fingerprint density at radius 1 is 0.750 bits per heavy atom. The van der Waals surface area contributed by atoms with E-state index < -0.39 is 0 Å². The van der Waals surface area contributed by atoms with Gasteiger partial charge in [-0.3, -0.25) is 0 Å². The lowest BCUT2D eigenvalue weighted by atomic mass is 10.2. The van der Waals surface area contributed by atoms with E-state index in [1.165, 1.54) is 11.3 Å². The fourth-order valence-electron chi connectivity index (χ4n) is 3.74. The SMILES string of the molecule is CN(C)c1ccc(-c2nc3ccc(CNc4ccc5nc(N(C)C)[nH]c5c4)cc3[nH]2)cc1. The summed E-state index contributed by atoms with van der Waals surface area (Å²) in [7, 11) is 8.04. The molecule has 0 aliphatic heterocycles. The van der Waals surface area contributed by atoms with E-state index in [0.29, 0.717) is 0 Å². The number of H-pyrrole nitrogens is 2. The van der Waals surface area contributed by atoms with E-state index in [-0.39, 0.29) is 0 Å². The van der Waals surface area contributed by atoms with E-state index in [9.17, 15) is 0 Å². The highest BCUT2D eigenvalue weighted by atomic mass is 15.2. The van der Waals surface area contributed by atoms with Gasteiger partial charge in [-0.05, 0) is 60.2 Å². The minimum atomic E-state index is 0.724. The van der Waals surface area contributed by atoms with Crippen molar-refractivity contribution in [3.63, 3.8) is 0 Å². The molecule has 5 aromatic rings. The molecule has 0 spiro atoms. The van der Waals surface area contributed by atoms with Gasteiger partial charge in [0.1, 0.15) is 5.82 Å². The van der Waals surface area contributed by atoms with E-state index in [1.807, 2.05) is 39.2 Å². The average Bonchev–Trinajstić information content (AvgIpc) is 3.41. The first-order chi connectivity index (χ1) is 15.5. The van der Waals surface area contributed by atoms with Gasteiger partial charge in [-0.2, -0.15) is 0 Å². The summed E-state index contributed by atoms with van der Waals surface area (Å²) < 4.78 is 0. The molecule has 3 N–H and O–H groups in total. The van der Waals surface area contributed by atoms with Crippen LogP contribution in [0.25, 0.3) is 33.5 Å². The van der Waals surface area contributed by atoms with Crippen LogP contribution >= 0.6 is 0 Å². The number of fused-ring (bicyclic) bond motifs is 2. The number of anilines is 3. The lowest BCUT2D eigenvalue weighted by Gasteiger charge is -2.11. The monoisotopic (exact) mass is 425 g/mol. The number of benzene rings is 3. The van der Waals surface area contributed by atoms with Crippen molar-refractivity contribution in [2.45, 2.75) is 6.54 Å². The molecule has 7 nitrogen and oxygen atoms in total. The summed E-state index contributed by atoms with van der Waals surface area (Å²) in [6.45, 7) is 0.724. The smallest absolute Gasteiger partial charge is 0.203 e. The van der Waals surface area contributed by atoms with E-state index in [4.69, 9.17) is 4.98 Å². The fraction of sp³-hybridized carbons (Fsp3) is 0.200. The van der Waals surface area contributed by atoms with Gasteiger partial charge in [-0.15, -0.1) is 0 Å². The van der Waals surface area contributed by atoms with Crippen molar-refractivity contribution in [3.8, 4) is 11.4 Å². The Labute approximate surface area is 187 Å². The largest absolute Gasteiger partial charge is 0.381 e. The highest BCUT2D eigenvalue weighted by Gasteiger charge is 2.08. The molecule has 0 saturated carbocycles. The maximum Gasteiger partial charge on any atom is 0.203 e. The van der Waals surface area contributed by atoms with Gasteiger partial charge in [0, 0.05) is 51.7 Å². The van der Waals surface area contributed by atoms with Gasteiger partial charge in [0.25, 0.3) is 0 Å². The maximum atomic E-state index is 4.76. The van der Waals surface area contributed by atoms with Crippen LogP contribution in [0.15, 0.2) is 60.7 Å². The van der Waals surface area contributed by atoms with E-state index in [2.05, 4.69) is 79.8 Å². The molecule has 162 valence electrons. The van der Waals surface area contributed by atoms with Crippen LogP contribution < -0.4 is 15.1 Å². The molecule has 0 fully saturated rings. The van der Waals surface area contributed by atoms with Crippen LogP contribution in [0.1, 0.15) is 5.56 Å². The van der Waals surface area contributed by atoms with E-state index in [1.54, 1.807) is 0 Å². The van der Waals surface area contributed by atoms with Gasteiger partial charge in [-0.25, -0.2) is 9.97 Å². The molecular weight excluding hydrogens is 398 g/mol. The first-order valence-electron chi connectivity index (χ1n) is 10.6. The van der Waals surface area contributed by atoms with Gasteiger partial charge >= 0.3 is 0 Å². The summed E-state index contributed by atoms with van der Waals surface area (Å²) in [5.74, 6) is 1.74. The zero-order chi connectivity index (χ0) is 22.2. The van der Waals surface area contributed by atoms with Crippen LogP contribution in [-0.2, 0) is 6.54 Å². The van der Waals surface area contributed by atoms with Crippen LogP contribution in [-0.4, -0.2) is 48.1 Å². The summed E-state index contributed by atoms with van der Waals surface area (Å²) in [4.78, 5) is 20.2. The number of aromatic nitrogens is 4. The standard InChI is InChI=1S/C25H27N7/c1-31(2)19-9-6-17(7-10-19)24-27-20-11-5-16(13-22(20)28-24)15-26-18-8-12-21-23(14-18)30-25(29-21)32(3)4/h5-14,26H,15H2,1-4H3,(H,27,28)(H,29,30). The zero-order valence-corrected chi connectivity index (χ0v) is 18.8. The molecule has 2 aromatic heterocycles. The quantitative estimate of drug-likeness (QED) is 0.363. The van der Waals surface area contributed by atoms with Crippen molar-refractivity contribution in [2.24, 2.45) is 0 Å². The Hall–Kier alpha value is -4.00. The van der Waals surface area contributed by atoms with Gasteiger partial charge < -0.3 is 25.1 Å². The number of nitrogens with one attached hydrogen (secondary N) is 3. The number of aromatic amines is 2. The molecule has 0 bridgehead atoms. The van der Waals surface area contributed by atoms with Gasteiger partial charge in [-0.1, -0.05) is 6.07 Å². The van der Waals surface area contributed by atoms with E-state index in [0.717, 1.165) is 51.6 Å². The fourth-order valence-corrected chi connectivity index (χ4v) is 3.74. The summed E-state index contributed by atoms with van der Waals surface area (Å²) in [5.41, 5.74) is 8.48. The van der Waals surface area contributed by atoms with Crippen molar-refractivity contribution in [1.29, 1.82) is 0 Å². The van der Waals surface area contributed by atoms with Crippen molar-refractivity contribution in [3.05, 3.63) is 66.2 Å². The molecule has 3 aromatic carbocycles. The van der Waals surface area contributed by atoms with Crippen LogP contribution in [0.3, 0.4) is 0 Å². The Kier molecular flexibility index (Phi) is 4.93. The third-order valence-electron chi connectivity index (χ3n) is 5.59. The maximum absolute atomic E-state index is 4.76. The molecular formula is C25H27N7. The first kappa shape index (κ1) is 19.9. The number of hydrogen-bond acceptors (Lipinski definition) is 5. The first-order valence-corrected chi connectivity index (χ1v) is 10.6. The molecule has 32 heavy (non-hydrogen) atoms. The van der Waals surface area contributed by atoms with Crippen molar-refractivity contribution in [1.82, 2.24) is 19.9 Å². The average molecular weight is 426 g/mol. The summed E-state index contributed by atoms with van der Waals surface area (Å²) >= 11 is 0. The molecule has 0 unspecified atom stereocenters. The predicted octanol–water partition coefficient (Wildman–Crippen LogP) is 4.85.